The van der Waals surface area contributed by atoms with Gasteiger partial charge in [0.25, 0.3) is 0 Å². The van der Waals surface area contributed by atoms with Crippen molar-refractivity contribution in [1.82, 2.24) is 19.6 Å². The molecule has 1 aromatic heterocycles. The molecule has 4 rings (SSSR count). The highest BCUT2D eigenvalue weighted by Crippen LogP contribution is 2.42. The van der Waals surface area contributed by atoms with Gasteiger partial charge in [-0.05, 0) is 50.5 Å². The second-order valence-electron chi connectivity index (χ2n) is 8.26. The van der Waals surface area contributed by atoms with Crippen LogP contribution in [0, 0.1) is 19.3 Å². The summed E-state index contributed by atoms with van der Waals surface area (Å²) in [7, 11) is 1.64. The van der Waals surface area contributed by atoms with Crippen molar-refractivity contribution in [3.63, 3.8) is 0 Å². The van der Waals surface area contributed by atoms with Crippen LogP contribution >= 0.6 is 0 Å². The van der Waals surface area contributed by atoms with Crippen molar-refractivity contribution < 1.29 is 14.3 Å². The lowest BCUT2D eigenvalue weighted by Gasteiger charge is -2.52. The van der Waals surface area contributed by atoms with E-state index in [9.17, 15) is 9.59 Å². The Labute approximate surface area is 171 Å². The van der Waals surface area contributed by atoms with E-state index in [1.165, 1.54) is 0 Å². The Kier molecular flexibility index (Phi) is 5.06. The van der Waals surface area contributed by atoms with Crippen LogP contribution in [0.4, 0.5) is 0 Å². The van der Waals surface area contributed by atoms with Gasteiger partial charge in [-0.3, -0.25) is 14.3 Å². The first-order chi connectivity index (χ1) is 13.9. The fraction of sp³-hybridized carbons (Fsp3) is 0.500. The monoisotopic (exact) mass is 396 g/mol. The third-order valence-corrected chi connectivity index (χ3v) is 6.23. The van der Waals surface area contributed by atoms with E-state index in [0.29, 0.717) is 19.6 Å². The van der Waals surface area contributed by atoms with Gasteiger partial charge in [0, 0.05) is 31.9 Å². The second-order valence-corrected chi connectivity index (χ2v) is 8.26. The second kappa shape index (κ2) is 7.54. The first-order valence-electron chi connectivity index (χ1n) is 10.1. The van der Waals surface area contributed by atoms with Gasteiger partial charge in [0.15, 0.2) is 0 Å². The molecule has 2 aromatic rings. The summed E-state index contributed by atoms with van der Waals surface area (Å²) in [6, 6.07) is 9.81. The minimum absolute atomic E-state index is 0.0768. The van der Waals surface area contributed by atoms with Gasteiger partial charge in [0.1, 0.15) is 12.3 Å². The van der Waals surface area contributed by atoms with Crippen molar-refractivity contribution in [3.05, 3.63) is 47.3 Å². The Morgan fingerprint density at radius 2 is 1.86 bits per heavy atom. The summed E-state index contributed by atoms with van der Waals surface area (Å²) in [6.07, 6.45) is 1.49. The molecule has 2 aliphatic heterocycles. The van der Waals surface area contributed by atoms with E-state index < -0.39 is 0 Å². The number of aryl methyl sites for hydroxylation is 2. The summed E-state index contributed by atoms with van der Waals surface area (Å²) in [5, 5.41) is 4.37. The minimum atomic E-state index is -0.276. The maximum Gasteiger partial charge on any atom is 0.244 e. The van der Waals surface area contributed by atoms with Crippen molar-refractivity contribution in [3.8, 4) is 5.75 Å². The molecule has 7 nitrogen and oxygen atoms in total. The van der Waals surface area contributed by atoms with Crippen LogP contribution < -0.4 is 4.74 Å². The molecule has 2 saturated heterocycles. The number of rotatable bonds is 5. The molecule has 7 heteroatoms. The largest absolute Gasteiger partial charge is 0.497 e. The van der Waals surface area contributed by atoms with Gasteiger partial charge in [-0.1, -0.05) is 12.1 Å². The maximum absolute atomic E-state index is 12.9. The van der Waals surface area contributed by atoms with Crippen molar-refractivity contribution >= 4 is 11.8 Å². The average molecular weight is 396 g/mol. The summed E-state index contributed by atoms with van der Waals surface area (Å²) >= 11 is 0. The molecule has 1 aromatic carbocycles. The van der Waals surface area contributed by atoms with Gasteiger partial charge in [0.05, 0.1) is 18.2 Å². The van der Waals surface area contributed by atoms with Crippen molar-refractivity contribution in [2.45, 2.75) is 39.8 Å². The Morgan fingerprint density at radius 3 is 2.41 bits per heavy atom. The van der Waals surface area contributed by atoms with Crippen LogP contribution in [0.15, 0.2) is 30.3 Å². The zero-order valence-corrected chi connectivity index (χ0v) is 17.4. The molecule has 0 N–H and O–H groups in total. The van der Waals surface area contributed by atoms with Crippen molar-refractivity contribution in [2.75, 3.05) is 26.7 Å². The highest BCUT2D eigenvalue weighted by molar-refractivity contribution is 5.89. The molecule has 154 valence electrons. The molecule has 0 aliphatic carbocycles. The molecule has 0 saturated carbocycles. The van der Waals surface area contributed by atoms with Crippen LogP contribution in [0.3, 0.4) is 0 Å². The van der Waals surface area contributed by atoms with Gasteiger partial charge >= 0.3 is 0 Å². The predicted octanol–water partition coefficient (Wildman–Crippen LogP) is 2.16. The van der Waals surface area contributed by atoms with Gasteiger partial charge in [-0.25, -0.2) is 0 Å². The standard InChI is InChI=1S/C22H28N4O3/c1-16-12-17(2)26(23-16)14-20(27)24-10-8-22(9-11-24)15-25(21(22)28)13-18-4-6-19(29-3)7-5-18/h4-7,12H,8-11,13-15H2,1-3H3. The third kappa shape index (κ3) is 3.73. The summed E-state index contributed by atoms with van der Waals surface area (Å²) in [4.78, 5) is 29.3. The van der Waals surface area contributed by atoms with E-state index in [2.05, 4.69) is 5.10 Å². The molecule has 0 radical (unpaired) electrons. The first kappa shape index (κ1) is 19.5. The summed E-state index contributed by atoms with van der Waals surface area (Å²) < 4.78 is 6.94. The third-order valence-electron chi connectivity index (χ3n) is 6.23. The van der Waals surface area contributed by atoms with Gasteiger partial charge in [-0.2, -0.15) is 5.10 Å². The van der Waals surface area contributed by atoms with Crippen LogP contribution in [-0.4, -0.2) is 58.1 Å². The lowest BCUT2D eigenvalue weighted by atomic mass is 9.71. The van der Waals surface area contributed by atoms with E-state index in [4.69, 9.17) is 4.74 Å². The Balaban J connectivity index is 1.29. The summed E-state index contributed by atoms with van der Waals surface area (Å²) in [5.74, 6) is 1.12. The number of amides is 2. The molecule has 2 aliphatic rings. The lowest BCUT2D eigenvalue weighted by molar-refractivity contribution is -0.168. The smallest absolute Gasteiger partial charge is 0.244 e. The first-order valence-corrected chi connectivity index (χ1v) is 10.1. The quantitative estimate of drug-likeness (QED) is 0.727. The van der Waals surface area contributed by atoms with Crippen molar-refractivity contribution in [1.29, 1.82) is 0 Å². The molecule has 2 fully saturated rings. The van der Waals surface area contributed by atoms with Crippen LogP contribution in [0.25, 0.3) is 0 Å². The van der Waals surface area contributed by atoms with E-state index in [-0.39, 0.29) is 23.8 Å². The number of ether oxygens (including phenoxy) is 1. The average Bonchev–Trinajstić information content (AvgIpc) is 3.05. The summed E-state index contributed by atoms with van der Waals surface area (Å²) in [5.41, 5.74) is 2.74. The molecule has 3 heterocycles. The number of β-lactam (4-membered cyclic amide) rings is 1. The van der Waals surface area contributed by atoms with Crippen LogP contribution in [0.2, 0.25) is 0 Å². The number of likely N-dealkylation sites (tertiary alicyclic amines) is 2. The SMILES string of the molecule is COc1ccc(CN2CC3(CCN(C(=O)Cn4nc(C)cc4C)CC3)C2=O)cc1. The number of methoxy groups -OCH3 is 1. The Bertz CT molecular complexity index is 911. The number of piperidine rings is 1. The topological polar surface area (TPSA) is 67.7 Å². The number of carbonyl (C=O) groups excluding carboxylic acids is 2. The zero-order chi connectivity index (χ0) is 20.6. The van der Waals surface area contributed by atoms with E-state index in [1.807, 2.05) is 54.0 Å². The molecular formula is C22H28N4O3. The van der Waals surface area contributed by atoms with Crippen molar-refractivity contribution in [2.24, 2.45) is 5.41 Å². The fourth-order valence-corrected chi connectivity index (χ4v) is 4.45. The number of carbonyl (C=O) groups is 2. The Morgan fingerprint density at radius 1 is 1.17 bits per heavy atom. The molecule has 0 bridgehead atoms. The van der Waals surface area contributed by atoms with E-state index in [1.54, 1.807) is 11.8 Å². The number of benzene rings is 1. The van der Waals surface area contributed by atoms with E-state index in [0.717, 1.165) is 42.1 Å². The lowest BCUT2D eigenvalue weighted by Crippen LogP contribution is -2.64. The molecular weight excluding hydrogens is 368 g/mol. The molecule has 1 spiro atoms. The number of hydrogen-bond acceptors (Lipinski definition) is 4. The van der Waals surface area contributed by atoms with E-state index >= 15 is 0 Å². The Hall–Kier alpha value is -2.83. The normalized spacial score (nSPS) is 18.1. The summed E-state index contributed by atoms with van der Waals surface area (Å²) in [6.45, 7) is 6.84. The van der Waals surface area contributed by atoms with Gasteiger partial charge in [0.2, 0.25) is 11.8 Å². The molecule has 0 atom stereocenters. The minimum Gasteiger partial charge on any atom is -0.497 e. The number of hydrogen-bond donors (Lipinski definition) is 0. The highest BCUT2D eigenvalue weighted by atomic mass is 16.5. The molecule has 0 unspecified atom stereocenters. The highest BCUT2D eigenvalue weighted by Gasteiger charge is 2.53. The fourth-order valence-electron chi connectivity index (χ4n) is 4.45. The molecule has 29 heavy (non-hydrogen) atoms. The zero-order valence-electron chi connectivity index (χ0n) is 17.4. The molecule has 2 amide bonds. The van der Waals surface area contributed by atoms with Gasteiger partial charge < -0.3 is 14.5 Å². The predicted molar refractivity (Wildman–Crippen MR) is 108 cm³/mol. The van der Waals surface area contributed by atoms with Crippen LogP contribution in [0.5, 0.6) is 5.75 Å². The number of nitrogens with zero attached hydrogens (tertiary/aromatic N) is 4. The van der Waals surface area contributed by atoms with Crippen LogP contribution in [-0.2, 0) is 22.7 Å². The van der Waals surface area contributed by atoms with Crippen LogP contribution in [0.1, 0.15) is 29.8 Å². The maximum atomic E-state index is 12.9. The number of aromatic nitrogens is 2. The van der Waals surface area contributed by atoms with Gasteiger partial charge in [-0.15, -0.1) is 0 Å².